The molecule has 1 saturated carbocycles. The molecule has 0 spiro atoms. The molecule has 6 nitrogen and oxygen atoms in total. The number of rotatable bonds is 7. The molecule has 0 aromatic heterocycles. The SMILES string of the molecule is CC1=CCC[C@@]2(C)[C@@H](CC[C@@]2(O)CN(Cc2ccccc2)S(C)(=O)=O)c2ccc(cc2C(=O)c2ccc(F)c(F)c2)C[C@@H](O)CC1. The fourth-order valence-corrected chi connectivity index (χ4v) is 8.19. The van der Waals surface area contributed by atoms with Crippen molar-refractivity contribution < 1.29 is 32.2 Å². The Hall–Kier alpha value is -3.24. The number of fused-ring (bicyclic) bond motifs is 8. The first-order valence-electron chi connectivity index (χ1n) is 15.9. The molecule has 3 aliphatic rings. The van der Waals surface area contributed by atoms with E-state index in [4.69, 9.17) is 0 Å². The Balaban J connectivity index is 1.62. The highest BCUT2D eigenvalue weighted by molar-refractivity contribution is 7.88. The van der Waals surface area contributed by atoms with Gasteiger partial charge in [0.2, 0.25) is 10.0 Å². The van der Waals surface area contributed by atoms with Crippen LogP contribution in [0.5, 0.6) is 0 Å². The number of hydrogen-bond donors (Lipinski definition) is 2. The minimum absolute atomic E-state index is 0.00130. The van der Waals surface area contributed by atoms with Crippen LogP contribution < -0.4 is 0 Å². The predicted octanol–water partition coefficient (Wildman–Crippen LogP) is 6.70. The lowest BCUT2D eigenvalue weighted by molar-refractivity contribution is -0.0731. The van der Waals surface area contributed by atoms with Gasteiger partial charge in [0.25, 0.3) is 0 Å². The van der Waals surface area contributed by atoms with Gasteiger partial charge in [0, 0.05) is 29.6 Å². The second kappa shape index (κ2) is 13.5. The Kier molecular flexibility index (Phi) is 9.99. The lowest BCUT2D eigenvalue weighted by Gasteiger charge is -2.45. The molecule has 0 unspecified atom stereocenters. The van der Waals surface area contributed by atoms with Crippen molar-refractivity contribution in [2.45, 2.75) is 83.0 Å². The number of ketones is 1. The van der Waals surface area contributed by atoms with E-state index in [9.17, 15) is 32.2 Å². The van der Waals surface area contributed by atoms with Gasteiger partial charge in [-0.05, 0) is 98.7 Å². The number of carbonyl (C=O) groups excluding carboxylic acids is 1. The highest BCUT2D eigenvalue weighted by atomic mass is 32.2. The van der Waals surface area contributed by atoms with Gasteiger partial charge in [-0.15, -0.1) is 0 Å². The fourth-order valence-electron chi connectivity index (χ4n) is 7.36. The topological polar surface area (TPSA) is 94.9 Å². The molecule has 2 N–H and O–H groups in total. The number of nitrogens with zero attached hydrogens (tertiary/aromatic N) is 1. The number of aliphatic hydroxyl groups excluding tert-OH is 1. The Bertz CT molecular complexity index is 1730. The van der Waals surface area contributed by atoms with E-state index in [0.29, 0.717) is 56.1 Å². The van der Waals surface area contributed by atoms with Crippen LogP contribution >= 0.6 is 0 Å². The van der Waals surface area contributed by atoms with Crippen LogP contribution in [0.25, 0.3) is 0 Å². The third-order valence-corrected chi connectivity index (χ3v) is 11.4. The van der Waals surface area contributed by atoms with Crippen LogP contribution in [0.4, 0.5) is 8.78 Å². The Morgan fingerprint density at radius 1 is 1.00 bits per heavy atom. The summed E-state index contributed by atoms with van der Waals surface area (Å²) < 4.78 is 55.6. The highest BCUT2D eigenvalue weighted by Gasteiger charge is 2.57. The zero-order chi connectivity index (χ0) is 33.3. The van der Waals surface area contributed by atoms with Crippen LogP contribution in [-0.2, 0) is 23.0 Å². The Morgan fingerprint density at radius 3 is 2.43 bits per heavy atom. The van der Waals surface area contributed by atoms with E-state index >= 15 is 0 Å². The third-order valence-electron chi connectivity index (χ3n) is 10.2. The summed E-state index contributed by atoms with van der Waals surface area (Å²) in [5, 5.41) is 23.4. The van der Waals surface area contributed by atoms with Gasteiger partial charge in [0.1, 0.15) is 0 Å². The highest BCUT2D eigenvalue weighted by Crippen LogP contribution is 2.59. The summed E-state index contributed by atoms with van der Waals surface area (Å²) in [4.78, 5) is 14.0. The zero-order valence-corrected chi connectivity index (χ0v) is 27.5. The smallest absolute Gasteiger partial charge is 0.211 e. The maximum Gasteiger partial charge on any atom is 0.211 e. The van der Waals surface area contributed by atoms with Gasteiger partial charge in [-0.1, -0.05) is 61.0 Å². The largest absolute Gasteiger partial charge is 0.393 e. The Labute approximate surface area is 270 Å². The van der Waals surface area contributed by atoms with Crippen molar-refractivity contribution in [3.8, 4) is 0 Å². The minimum Gasteiger partial charge on any atom is -0.393 e. The zero-order valence-electron chi connectivity index (χ0n) is 26.7. The van der Waals surface area contributed by atoms with E-state index in [1.54, 1.807) is 6.07 Å². The number of sulfonamides is 1. The minimum atomic E-state index is -3.71. The summed E-state index contributed by atoms with van der Waals surface area (Å²) in [5.74, 6) is -3.00. The van der Waals surface area contributed by atoms with E-state index in [2.05, 4.69) is 6.08 Å². The summed E-state index contributed by atoms with van der Waals surface area (Å²) in [7, 11) is -3.71. The van der Waals surface area contributed by atoms with Gasteiger partial charge in [0.05, 0.1) is 18.0 Å². The second-order valence-electron chi connectivity index (χ2n) is 13.4. The van der Waals surface area contributed by atoms with E-state index in [-0.39, 0.29) is 24.6 Å². The van der Waals surface area contributed by atoms with Crippen LogP contribution in [0.3, 0.4) is 0 Å². The maximum atomic E-state index is 14.3. The molecular weight excluding hydrogens is 608 g/mol. The summed E-state index contributed by atoms with van der Waals surface area (Å²) in [6.07, 6.45) is 6.09. The quantitative estimate of drug-likeness (QED) is 0.219. The van der Waals surface area contributed by atoms with E-state index in [1.807, 2.05) is 56.3 Å². The van der Waals surface area contributed by atoms with E-state index in [1.165, 1.54) is 10.4 Å². The van der Waals surface area contributed by atoms with Crippen LogP contribution in [-0.4, -0.2) is 53.2 Å². The lowest BCUT2D eigenvalue weighted by atomic mass is 9.64. The third kappa shape index (κ3) is 7.18. The maximum absolute atomic E-state index is 14.3. The summed E-state index contributed by atoms with van der Waals surface area (Å²) in [5.41, 5.74) is 1.34. The van der Waals surface area contributed by atoms with Crippen LogP contribution in [0.1, 0.15) is 90.9 Å². The number of aliphatic hydroxyl groups is 2. The van der Waals surface area contributed by atoms with Crippen LogP contribution in [0, 0.1) is 17.0 Å². The van der Waals surface area contributed by atoms with E-state index in [0.717, 1.165) is 35.1 Å². The molecule has 0 heterocycles. The van der Waals surface area contributed by atoms with Crippen molar-refractivity contribution in [2.75, 3.05) is 12.8 Å². The number of carbonyl (C=O) groups is 1. The first-order valence-corrected chi connectivity index (χ1v) is 17.7. The molecule has 4 atom stereocenters. The van der Waals surface area contributed by atoms with Crippen molar-refractivity contribution >= 4 is 15.8 Å². The summed E-state index contributed by atoms with van der Waals surface area (Å²) in [6, 6.07) is 17.8. The average molecular weight is 652 g/mol. The molecule has 0 saturated heterocycles. The molecule has 0 radical (unpaired) electrons. The fraction of sp³-hybridized carbons (Fsp3) is 0.432. The van der Waals surface area contributed by atoms with Gasteiger partial charge >= 0.3 is 0 Å². The normalized spacial score (nSPS) is 25.6. The molecular formula is C37H43F2NO5S. The Morgan fingerprint density at radius 2 is 1.74 bits per heavy atom. The van der Waals surface area contributed by atoms with Crippen LogP contribution in [0.2, 0.25) is 0 Å². The van der Waals surface area contributed by atoms with Gasteiger partial charge in [-0.25, -0.2) is 17.2 Å². The molecule has 0 amide bonds. The van der Waals surface area contributed by atoms with Gasteiger partial charge < -0.3 is 10.2 Å². The summed E-state index contributed by atoms with van der Waals surface area (Å²) >= 11 is 0. The van der Waals surface area contributed by atoms with Gasteiger partial charge in [-0.2, -0.15) is 4.31 Å². The number of halogens is 2. The number of hydrogen-bond acceptors (Lipinski definition) is 5. The molecule has 6 rings (SSSR count). The first-order chi connectivity index (χ1) is 21.7. The van der Waals surface area contributed by atoms with E-state index < -0.39 is 44.6 Å². The second-order valence-corrected chi connectivity index (χ2v) is 15.4. The predicted molar refractivity (Wildman–Crippen MR) is 175 cm³/mol. The molecule has 1 fully saturated rings. The molecule has 3 aliphatic carbocycles. The summed E-state index contributed by atoms with van der Waals surface area (Å²) in [6.45, 7) is 3.99. The average Bonchev–Trinajstić information content (AvgIpc) is 3.26. The van der Waals surface area contributed by atoms with Gasteiger partial charge in [0.15, 0.2) is 17.4 Å². The molecule has 3 aromatic carbocycles. The molecule has 46 heavy (non-hydrogen) atoms. The molecule has 9 heteroatoms. The number of benzene rings is 3. The van der Waals surface area contributed by atoms with Crippen molar-refractivity contribution in [1.29, 1.82) is 0 Å². The van der Waals surface area contributed by atoms with Crippen molar-refractivity contribution in [1.82, 2.24) is 4.31 Å². The molecule has 3 aromatic rings. The van der Waals surface area contributed by atoms with Gasteiger partial charge in [-0.3, -0.25) is 4.79 Å². The monoisotopic (exact) mass is 651 g/mol. The van der Waals surface area contributed by atoms with Crippen molar-refractivity contribution in [3.05, 3.63) is 118 Å². The van der Waals surface area contributed by atoms with Crippen molar-refractivity contribution in [2.24, 2.45) is 5.41 Å². The molecule has 246 valence electrons. The first kappa shape index (κ1) is 34.1. The molecule has 2 bridgehead atoms. The molecule has 0 aliphatic heterocycles. The lowest BCUT2D eigenvalue weighted by Crippen LogP contribution is -2.53. The number of allylic oxidation sites excluding steroid dienone is 2. The van der Waals surface area contributed by atoms with Crippen LogP contribution in [0.15, 0.2) is 78.4 Å². The van der Waals surface area contributed by atoms with Crippen molar-refractivity contribution in [3.63, 3.8) is 0 Å². The standard InChI is InChI=1S/C37H43F2NO5S/c1-25-8-7-18-36(2)32(17-19-37(36,43)24-40(46(3,44)45)23-26-9-5-4-6-10-26)30-15-12-27(20-29(41)14-11-25)21-31(30)35(42)28-13-16-33(38)34(39)22-28/h4-6,8-10,12-13,15-16,21-22,29,32,41,43H,7,11,14,17-20,23-24H2,1-3H3/t29-,32-,36-,37+/m0/s1.